The van der Waals surface area contributed by atoms with Gasteiger partial charge in [-0.1, -0.05) is 0 Å². The van der Waals surface area contributed by atoms with Gasteiger partial charge in [0.25, 0.3) is 0 Å². The Bertz CT molecular complexity index is 148. The van der Waals surface area contributed by atoms with Crippen molar-refractivity contribution in [3.63, 3.8) is 0 Å². The van der Waals surface area contributed by atoms with Crippen molar-refractivity contribution in [3.8, 4) is 12.3 Å². The fourth-order valence-electron chi connectivity index (χ4n) is 0.411. The second kappa shape index (κ2) is 23.3. The van der Waals surface area contributed by atoms with Crippen LogP contribution in [0.2, 0.25) is 0 Å². The average molecular weight is 258 g/mol. The van der Waals surface area contributed by atoms with E-state index in [0.29, 0.717) is 0 Å². The van der Waals surface area contributed by atoms with Gasteiger partial charge in [0.2, 0.25) is 0 Å². The SMILES string of the molecule is C#CCC(COO[O-])OO[O-].O=S.O=S. The molecule has 8 nitrogen and oxygen atoms in total. The summed E-state index contributed by atoms with van der Waals surface area (Å²) in [4.78, 5) is 7.95. The lowest BCUT2D eigenvalue weighted by Gasteiger charge is -2.16. The van der Waals surface area contributed by atoms with Gasteiger partial charge in [-0.05, 0) is 0 Å². The molecule has 0 bridgehead atoms. The molecule has 1 unspecified atom stereocenters. The molecular weight excluding hydrogens is 252 g/mol. The van der Waals surface area contributed by atoms with Crippen LogP contribution < -0.4 is 10.5 Å². The monoisotopic (exact) mass is 258 g/mol. The zero-order valence-corrected chi connectivity index (χ0v) is 8.78. The topological polar surface area (TPSA) is 117 Å². The summed E-state index contributed by atoms with van der Waals surface area (Å²) in [5, 5.41) is 24.8. The van der Waals surface area contributed by atoms with Crippen molar-refractivity contribution in [1.29, 1.82) is 0 Å². The van der Waals surface area contributed by atoms with Crippen LogP contribution in [0.25, 0.3) is 0 Å². The third kappa shape index (κ3) is 19.7. The maximum atomic E-state index is 9.41. The van der Waals surface area contributed by atoms with Crippen LogP contribution in [0.1, 0.15) is 6.42 Å². The molecular formula is C5H6O8S2-2. The molecule has 0 heterocycles. The van der Waals surface area contributed by atoms with E-state index in [1.807, 2.05) is 0 Å². The Kier molecular flexibility index (Phi) is 30.8. The van der Waals surface area contributed by atoms with E-state index in [0.717, 1.165) is 0 Å². The first kappa shape index (κ1) is 19.9. The molecule has 88 valence electrons. The largest absolute Gasteiger partial charge is 0.692 e. The Balaban J connectivity index is -0.000000318. The lowest BCUT2D eigenvalue weighted by Crippen LogP contribution is -2.24. The molecule has 0 saturated carbocycles. The van der Waals surface area contributed by atoms with Gasteiger partial charge in [-0.25, -0.2) is 9.78 Å². The summed E-state index contributed by atoms with van der Waals surface area (Å²) >= 11 is 5.67. The van der Waals surface area contributed by atoms with Crippen LogP contribution >= 0.6 is 0 Å². The van der Waals surface area contributed by atoms with E-state index >= 15 is 0 Å². The van der Waals surface area contributed by atoms with E-state index in [1.165, 1.54) is 0 Å². The van der Waals surface area contributed by atoms with E-state index in [-0.39, 0.29) is 13.0 Å². The van der Waals surface area contributed by atoms with Gasteiger partial charge in [0.05, 0.1) is 0 Å². The van der Waals surface area contributed by atoms with Crippen molar-refractivity contribution < 1.29 is 38.8 Å². The summed E-state index contributed by atoms with van der Waals surface area (Å²) in [7, 11) is 0. The van der Waals surface area contributed by atoms with Crippen molar-refractivity contribution >= 4 is 25.1 Å². The van der Waals surface area contributed by atoms with Crippen LogP contribution in [0.15, 0.2) is 0 Å². The van der Waals surface area contributed by atoms with Crippen LogP contribution in [0.5, 0.6) is 0 Å². The fraction of sp³-hybridized carbons (Fsp3) is 0.600. The van der Waals surface area contributed by atoms with Gasteiger partial charge in [0, 0.05) is 6.42 Å². The second-order valence-corrected chi connectivity index (χ2v) is 1.55. The number of terminal acetylenes is 1. The molecule has 0 aromatic carbocycles. The van der Waals surface area contributed by atoms with Gasteiger partial charge in [-0.2, -0.15) is 8.42 Å². The number of hydrogen-bond donors (Lipinski definition) is 0. The molecule has 0 radical (unpaired) electrons. The third-order valence-electron chi connectivity index (χ3n) is 0.823. The molecule has 0 N–H and O–H groups in total. The molecule has 0 amide bonds. The predicted octanol–water partition coefficient (Wildman–Crippen LogP) is -2.85. The zero-order valence-electron chi connectivity index (χ0n) is 7.15. The van der Waals surface area contributed by atoms with Crippen LogP contribution in [-0.2, 0) is 44.9 Å². The molecule has 0 aliphatic carbocycles. The van der Waals surface area contributed by atoms with Crippen LogP contribution in [0.4, 0.5) is 0 Å². The Labute approximate surface area is 95.8 Å². The Hall–Kier alpha value is -0.640. The van der Waals surface area contributed by atoms with Gasteiger partial charge >= 0.3 is 0 Å². The molecule has 0 spiro atoms. The quantitative estimate of drug-likeness (QED) is 0.280. The molecule has 0 aromatic heterocycles. The first-order valence-electron chi connectivity index (χ1n) is 2.98. The summed E-state index contributed by atoms with van der Waals surface area (Å²) in [6, 6.07) is 0. The molecule has 1 atom stereocenters. The summed E-state index contributed by atoms with van der Waals surface area (Å²) in [5.74, 6) is 2.18. The Morgan fingerprint density at radius 3 is 2.07 bits per heavy atom. The minimum absolute atomic E-state index is 0.0889. The highest BCUT2D eigenvalue weighted by Gasteiger charge is 2.06. The number of rotatable bonds is 6. The second-order valence-electron chi connectivity index (χ2n) is 1.55. The van der Waals surface area contributed by atoms with Gasteiger partial charge in [0.1, 0.15) is 12.7 Å². The van der Waals surface area contributed by atoms with Gasteiger partial charge in [-0.3, -0.25) is 10.1 Å². The minimum atomic E-state index is -0.786. The van der Waals surface area contributed by atoms with E-state index in [1.54, 1.807) is 0 Å². The summed E-state index contributed by atoms with van der Waals surface area (Å²) in [5.41, 5.74) is 0. The molecule has 0 rings (SSSR count). The van der Waals surface area contributed by atoms with Crippen molar-refractivity contribution in [2.75, 3.05) is 6.61 Å². The lowest BCUT2D eigenvalue weighted by molar-refractivity contribution is -0.815. The highest BCUT2D eigenvalue weighted by Crippen LogP contribution is 1.97. The van der Waals surface area contributed by atoms with Crippen molar-refractivity contribution in [2.24, 2.45) is 0 Å². The minimum Gasteiger partial charge on any atom is -0.692 e. The van der Waals surface area contributed by atoms with Crippen LogP contribution in [0, 0.1) is 12.3 Å². The predicted molar refractivity (Wildman–Crippen MR) is 42.7 cm³/mol. The van der Waals surface area contributed by atoms with Crippen molar-refractivity contribution in [3.05, 3.63) is 0 Å². The fourth-order valence-corrected chi connectivity index (χ4v) is 0.411. The Morgan fingerprint density at radius 1 is 1.20 bits per heavy atom. The van der Waals surface area contributed by atoms with Gasteiger partial charge < -0.3 is 10.5 Å². The molecule has 0 saturated heterocycles. The lowest BCUT2D eigenvalue weighted by atomic mass is 10.3. The van der Waals surface area contributed by atoms with E-state index < -0.39 is 6.10 Å². The molecule has 10 heteroatoms. The third-order valence-corrected chi connectivity index (χ3v) is 0.823. The van der Waals surface area contributed by atoms with E-state index in [2.05, 4.69) is 50.8 Å². The molecule has 0 fully saturated rings. The van der Waals surface area contributed by atoms with Crippen LogP contribution in [0.3, 0.4) is 0 Å². The Morgan fingerprint density at radius 2 is 1.73 bits per heavy atom. The molecule has 0 aliphatic heterocycles. The molecule has 0 aliphatic rings. The van der Waals surface area contributed by atoms with E-state index in [4.69, 9.17) is 14.8 Å². The maximum Gasteiger partial charge on any atom is 0.197 e. The van der Waals surface area contributed by atoms with Crippen molar-refractivity contribution in [1.82, 2.24) is 0 Å². The smallest absolute Gasteiger partial charge is 0.197 e. The van der Waals surface area contributed by atoms with Crippen molar-refractivity contribution in [2.45, 2.75) is 12.5 Å². The molecule has 0 aromatic rings. The first-order valence-corrected chi connectivity index (χ1v) is 3.65. The summed E-state index contributed by atoms with van der Waals surface area (Å²) < 4.78 is 15.7. The standard InChI is InChI=1S/C5H8O6.2OS/c1-2-3-5(9-11-7)4-8-10-6;2*1-2/h1,5-7H,3-4H2;;/p-2. The van der Waals surface area contributed by atoms with Gasteiger partial charge in [0.15, 0.2) is 25.1 Å². The number of hydrogen-bond acceptors (Lipinski definition) is 10. The molecule has 15 heavy (non-hydrogen) atoms. The van der Waals surface area contributed by atoms with Gasteiger partial charge in [-0.15, -0.1) is 12.3 Å². The maximum absolute atomic E-state index is 9.41. The highest BCUT2D eigenvalue weighted by atomic mass is 32.1. The van der Waals surface area contributed by atoms with Crippen LogP contribution in [-0.4, -0.2) is 21.1 Å². The summed E-state index contributed by atoms with van der Waals surface area (Å²) in [6.45, 7) is -0.254. The average Bonchev–Trinajstić information content (AvgIpc) is 2.32. The zero-order chi connectivity index (χ0) is 12.5. The first-order chi connectivity index (χ1) is 7.35. The van der Waals surface area contributed by atoms with E-state index in [9.17, 15) is 10.5 Å². The normalized spacial score (nSPS) is 9.67. The summed E-state index contributed by atoms with van der Waals surface area (Å²) in [6.07, 6.45) is 4.17. The highest BCUT2D eigenvalue weighted by molar-refractivity contribution is 7.44.